The fourth-order valence-electron chi connectivity index (χ4n) is 1.33. The van der Waals surface area contributed by atoms with Crippen LogP contribution in [0.15, 0.2) is 24.3 Å². The molecule has 8 nitrogen and oxygen atoms in total. The minimum absolute atomic E-state index is 0.193. The van der Waals surface area contributed by atoms with Crippen molar-refractivity contribution < 1.29 is 18.0 Å². The van der Waals surface area contributed by atoms with Gasteiger partial charge >= 0.3 is 0 Å². The van der Waals surface area contributed by atoms with Crippen LogP contribution in [-0.4, -0.2) is 39.6 Å². The highest BCUT2D eigenvalue weighted by Gasteiger charge is 2.06. The first-order valence-corrected chi connectivity index (χ1v) is 7.54. The van der Waals surface area contributed by atoms with Gasteiger partial charge in [-0.1, -0.05) is 6.07 Å². The molecule has 0 saturated heterocycles. The minimum atomic E-state index is -3.38. The molecule has 5 N–H and O–H groups in total. The number of sulfonamides is 1. The normalized spacial score (nSPS) is 10.7. The van der Waals surface area contributed by atoms with Crippen LogP contribution in [0.5, 0.6) is 0 Å². The van der Waals surface area contributed by atoms with E-state index in [9.17, 15) is 18.0 Å². The number of nitrogens with two attached hydrogens (primary N) is 1. The lowest BCUT2D eigenvalue weighted by atomic mass is 10.3. The van der Waals surface area contributed by atoms with Crippen molar-refractivity contribution in [2.75, 3.05) is 29.4 Å². The van der Waals surface area contributed by atoms with E-state index in [0.717, 1.165) is 6.26 Å². The second kappa shape index (κ2) is 6.87. The number of anilines is 2. The quantitative estimate of drug-likeness (QED) is 0.539. The number of benzene rings is 1. The zero-order chi connectivity index (χ0) is 15.2. The molecule has 1 aromatic carbocycles. The van der Waals surface area contributed by atoms with Crippen LogP contribution in [0.4, 0.5) is 11.4 Å². The molecule has 0 aliphatic heterocycles. The van der Waals surface area contributed by atoms with Crippen LogP contribution in [-0.2, 0) is 19.6 Å². The van der Waals surface area contributed by atoms with E-state index >= 15 is 0 Å². The summed E-state index contributed by atoms with van der Waals surface area (Å²) in [7, 11) is -3.38. The molecule has 0 aliphatic rings. The van der Waals surface area contributed by atoms with Gasteiger partial charge in [-0.2, -0.15) is 0 Å². The van der Waals surface area contributed by atoms with Crippen molar-refractivity contribution in [2.45, 2.75) is 0 Å². The van der Waals surface area contributed by atoms with E-state index in [1.165, 1.54) is 6.07 Å². The molecule has 0 atom stereocenters. The fraction of sp³-hybridized carbons (Fsp3) is 0.273. The number of amides is 2. The van der Waals surface area contributed by atoms with Gasteiger partial charge in [-0.15, -0.1) is 0 Å². The molecule has 2 amide bonds. The summed E-state index contributed by atoms with van der Waals surface area (Å²) < 4.78 is 24.5. The summed E-state index contributed by atoms with van der Waals surface area (Å²) in [6.07, 6.45) is 1.03. The van der Waals surface area contributed by atoms with Crippen LogP contribution >= 0.6 is 0 Å². The molecule has 9 heteroatoms. The first-order chi connectivity index (χ1) is 9.30. The summed E-state index contributed by atoms with van der Waals surface area (Å²) in [5, 5.41) is 4.84. The number of hydrogen-bond acceptors (Lipinski definition) is 5. The fourth-order valence-corrected chi connectivity index (χ4v) is 1.89. The lowest BCUT2D eigenvalue weighted by Gasteiger charge is -2.08. The summed E-state index contributed by atoms with van der Waals surface area (Å²) >= 11 is 0. The maximum Gasteiger partial charge on any atom is 0.243 e. The number of hydrogen-bond donors (Lipinski definition) is 4. The van der Waals surface area contributed by atoms with E-state index in [-0.39, 0.29) is 13.1 Å². The highest BCUT2D eigenvalue weighted by molar-refractivity contribution is 7.92. The molecule has 20 heavy (non-hydrogen) atoms. The maximum absolute atomic E-state index is 11.5. The Hall–Kier alpha value is -2.13. The van der Waals surface area contributed by atoms with Gasteiger partial charge in [0.1, 0.15) is 0 Å². The van der Waals surface area contributed by atoms with E-state index in [1.807, 2.05) is 0 Å². The van der Waals surface area contributed by atoms with Crippen molar-refractivity contribution in [1.29, 1.82) is 0 Å². The highest BCUT2D eigenvalue weighted by Crippen LogP contribution is 2.15. The van der Waals surface area contributed by atoms with Gasteiger partial charge in [0.25, 0.3) is 0 Å². The summed E-state index contributed by atoms with van der Waals surface area (Å²) in [5.41, 5.74) is 5.82. The Morgan fingerprint density at radius 2 is 1.85 bits per heavy atom. The van der Waals surface area contributed by atoms with E-state index < -0.39 is 21.8 Å². The van der Waals surface area contributed by atoms with Gasteiger partial charge in [-0.25, -0.2) is 8.42 Å². The van der Waals surface area contributed by atoms with Gasteiger partial charge in [-0.05, 0) is 18.2 Å². The number of carbonyl (C=O) groups excluding carboxylic acids is 2. The average Bonchev–Trinajstić information content (AvgIpc) is 2.34. The van der Waals surface area contributed by atoms with Crippen molar-refractivity contribution >= 4 is 33.2 Å². The smallest absolute Gasteiger partial charge is 0.243 e. The molecular formula is C11H16N4O4S. The standard InChI is InChI=1S/C11H16N4O4S/c1-20(18,19)15-9-4-2-3-8(5-9)14-11(17)7-13-10(16)6-12/h2-5,15H,6-7,12H2,1H3,(H,13,16)(H,14,17). The molecule has 0 spiro atoms. The van der Waals surface area contributed by atoms with Crippen LogP contribution in [0.2, 0.25) is 0 Å². The summed E-state index contributed by atoms with van der Waals surface area (Å²) in [6.45, 7) is -0.402. The Balaban J connectivity index is 2.62. The van der Waals surface area contributed by atoms with Crippen molar-refractivity contribution in [2.24, 2.45) is 5.73 Å². The molecule has 0 unspecified atom stereocenters. The molecule has 0 aliphatic carbocycles. The van der Waals surface area contributed by atoms with Gasteiger partial charge in [-0.3, -0.25) is 14.3 Å². The Labute approximate surface area is 116 Å². The van der Waals surface area contributed by atoms with Crippen molar-refractivity contribution in [3.8, 4) is 0 Å². The third-order valence-corrected chi connectivity index (χ3v) is 2.69. The van der Waals surface area contributed by atoms with Gasteiger partial charge in [0.15, 0.2) is 0 Å². The molecule has 1 aromatic rings. The van der Waals surface area contributed by atoms with Gasteiger partial charge in [0.05, 0.1) is 25.0 Å². The Kier molecular flexibility index (Phi) is 5.47. The van der Waals surface area contributed by atoms with Crippen LogP contribution in [0.3, 0.4) is 0 Å². The SMILES string of the molecule is CS(=O)(=O)Nc1cccc(NC(=O)CNC(=O)CN)c1. The molecule has 110 valence electrons. The summed E-state index contributed by atoms with van der Waals surface area (Å²) in [6, 6.07) is 6.19. The zero-order valence-corrected chi connectivity index (χ0v) is 11.7. The minimum Gasteiger partial charge on any atom is -0.346 e. The molecule has 0 bridgehead atoms. The molecule has 1 rings (SSSR count). The first kappa shape index (κ1) is 15.9. The third-order valence-electron chi connectivity index (χ3n) is 2.08. The number of rotatable bonds is 6. The van der Waals surface area contributed by atoms with Crippen molar-refractivity contribution in [3.63, 3.8) is 0 Å². The summed E-state index contributed by atoms with van der Waals surface area (Å²) in [4.78, 5) is 22.4. The lowest BCUT2D eigenvalue weighted by Crippen LogP contribution is -2.36. The Morgan fingerprint density at radius 1 is 1.20 bits per heavy atom. The second-order valence-corrected chi connectivity index (χ2v) is 5.73. The van der Waals surface area contributed by atoms with Crippen molar-refractivity contribution in [3.05, 3.63) is 24.3 Å². The zero-order valence-electron chi connectivity index (χ0n) is 10.8. The van der Waals surface area contributed by atoms with Crippen LogP contribution < -0.4 is 21.1 Å². The van der Waals surface area contributed by atoms with E-state index in [1.54, 1.807) is 18.2 Å². The van der Waals surface area contributed by atoms with E-state index in [4.69, 9.17) is 5.73 Å². The number of nitrogens with one attached hydrogen (secondary N) is 3. The predicted octanol–water partition coefficient (Wildman–Crippen LogP) is -0.928. The van der Waals surface area contributed by atoms with E-state index in [2.05, 4.69) is 15.4 Å². The third kappa shape index (κ3) is 6.16. The lowest BCUT2D eigenvalue weighted by molar-refractivity contribution is -0.123. The van der Waals surface area contributed by atoms with Gasteiger partial charge in [0.2, 0.25) is 21.8 Å². The van der Waals surface area contributed by atoms with Crippen LogP contribution in [0.1, 0.15) is 0 Å². The monoisotopic (exact) mass is 300 g/mol. The molecule has 0 saturated carbocycles. The maximum atomic E-state index is 11.5. The molecular weight excluding hydrogens is 284 g/mol. The largest absolute Gasteiger partial charge is 0.346 e. The van der Waals surface area contributed by atoms with Gasteiger partial charge < -0.3 is 16.4 Å². The van der Waals surface area contributed by atoms with Gasteiger partial charge in [0, 0.05) is 5.69 Å². The summed E-state index contributed by atoms with van der Waals surface area (Å²) in [5.74, 6) is -0.879. The Morgan fingerprint density at radius 3 is 2.45 bits per heavy atom. The Bertz CT molecular complexity index is 600. The molecule has 0 radical (unpaired) electrons. The molecule has 0 aromatic heterocycles. The second-order valence-electron chi connectivity index (χ2n) is 3.98. The van der Waals surface area contributed by atoms with E-state index in [0.29, 0.717) is 11.4 Å². The molecule has 0 heterocycles. The molecule has 0 fully saturated rings. The predicted molar refractivity (Wildman–Crippen MR) is 75.6 cm³/mol. The average molecular weight is 300 g/mol. The van der Waals surface area contributed by atoms with Crippen LogP contribution in [0.25, 0.3) is 0 Å². The highest BCUT2D eigenvalue weighted by atomic mass is 32.2. The number of carbonyl (C=O) groups is 2. The van der Waals surface area contributed by atoms with Crippen LogP contribution in [0, 0.1) is 0 Å². The topological polar surface area (TPSA) is 130 Å². The van der Waals surface area contributed by atoms with Crippen molar-refractivity contribution in [1.82, 2.24) is 5.32 Å². The first-order valence-electron chi connectivity index (χ1n) is 5.64.